The molecule has 88 valence electrons. The van der Waals surface area contributed by atoms with Gasteiger partial charge in [-0.2, -0.15) is 0 Å². The number of benzene rings is 2. The van der Waals surface area contributed by atoms with E-state index in [1.165, 1.54) is 5.56 Å². The summed E-state index contributed by atoms with van der Waals surface area (Å²) in [4.78, 5) is 11.0. The molecule has 1 aliphatic carbocycles. The fourth-order valence-electron chi connectivity index (χ4n) is 2.36. The third-order valence-corrected chi connectivity index (χ3v) is 3.24. The molecular weight excluding hydrogens is 224 g/mol. The number of carboxylic acids is 1. The molecular formula is C16H12O2. The number of hydrogen-bond acceptors (Lipinski definition) is 1. The van der Waals surface area contributed by atoms with Gasteiger partial charge >= 0.3 is 5.97 Å². The number of aromatic carboxylic acids is 1. The van der Waals surface area contributed by atoms with Gasteiger partial charge in [0.2, 0.25) is 0 Å². The predicted octanol–water partition coefficient (Wildman–Crippen LogP) is 3.62. The molecule has 0 spiro atoms. The number of allylic oxidation sites excluding steroid dienone is 1. The Labute approximate surface area is 105 Å². The minimum atomic E-state index is -0.876. The van der Waals surface area contributed by atoms with Crippen LogP contribution in [0.25, 0.3) is 17.2 Å². The van der Waals surface area contributed by atoms with Gasteiger partial charge in [0.25, 0.3) is 0 Å². The Morgan fingerprint density at radius 1 is 1.06 bits per heavy atom. The van der Waals surface area contributed by atoms with Crippen LogP contribution in [-0.4, -0.2) is 11.1 Å². The normalized spacial score (nSPS) is 12.4. The van der Waals surface area contributed by atoms with E-state index in [1.807, 2.05) is 18.2 Å². The van der Waals surface area contributed by atoms with E-state index in [0.717, 1.165) is 23.1 Å². The Morgan fingerprint density at radius 3 is 2.72 bits per heavy atom. The number of rotatable bonds is 1. The summed E-state index contributed by atoms with van der Waals surface area (Å²) < 4.78 is 0. The van der Waals surface area contributed by atoms with Gasteiger partial charge in [0.05, 0.1) is 5.56 Å². The Morgan fingerprint density at radius 2 is 1.89 bits per heavy atom. The maximum atomic E-state index is 11.0. The summed E-state index contributed by atoms with van der Waals surface area (Å²) in [7, 11) is 0. The monoisotopic (exact) mass is 236 g/mol. The lowest BCUT2D eigenvalue weighted by Crippen LogP contribution is -1.98. The molecule has 0 radical (unpaired) electrons. The Kier molecular flexibility index (Phi) is 2.49. The predicted molar refractivity (Wildman–Crippen MR) is 71.6 cm³/mol. The maximum Gasteiger partial charge on any atom is 0.335 e. The summed E-state index contributed by atoms with van der Waals surface area (Å²) in [6.45, 7) is 0. The van der Waals surface area contributed by atoms with Crippen molar-refractivity contribution >= 4 is 12.0 Å². The van der Waals surface area contributed by atoms with Crippen LogP contribution in [0.15, 0.2) is 48.5 Å². The molecule has 1 aliphatic rings. The number of carbonyl (C=O) groups is 1. The van der Waals surface area contributed by atoms with Crippen molar-refractivity contribution in [2.75, 3.05) is 0 Å². The van der Waals surface area contributed by atoms with Crippen LogP contribution in [0, 0.1) is 0 Å². The first-order chi connectivity index (χ1) is 8.75. The topological polar surface area (TPSA) is 37.3 Å². The van der Waals surface area contributed by atoms with E-state index in [9.17, 15) is 4.79 Å². The van der Waals surface area contributed by atoms with Crippen molar-refractivity contribution in [3.05, 3.63) is 65.2 Å². The molecule has 0 aliphatic heterocycles. The van der Waals surface area contributed by atoms with Gasteiger partial charge < -0.3 is 5.11 Å². The quantitative estimate of drug-likeness (QED) is 0.821. The van der Waals surface area contributed by atoms with Crippen molar-refractivity contribution in [2.24, 2.45) is 0 Å². The van der Waals surface area contributed by atoms with E-state index in [0.29, 0.717) is 5.56 Å². The van der Waals surface area contributed by atoms with Crippen LogP contribution >= 0.6 is 0 Å². The molecule has 2 heteroatoms. The lowest BCUT2D eigenvalue weighted by atomic mass is 9.95. The highest BCUT2D eigenvalue weighted by Gasteiger charge is 2.13. The van der Waals surface area contributed by atoms with Gasteiger partial charge in [0.15, 0.2) is 0 Å². The zero-order valence-corrected chi connectivity index (χ0v) is 9.76. The molecule has 18 heavy (non-hydrogen) atoms. The lowest BCUT2D eigenvalue weighted by Gasteiger charge is -2.09. The van der Waals surface area contributed by atoms with Crippen molar-refractivity contribution in [2.45, 2.75) is 6.42 Å². The molecule has 0 atom stereocenters. The van der Waals surface area contributed by atoms with Crippen molar-refractivity contribution < 1.29 is 9.90 Å². The molecule has 0 unspecified atom stereocenters. The van der Waals surface area contributed by atoms with Crippen molar-refractivity contribution in [3.8, 4) is 11.1 Å². The second-order valence-electron chi connectivity index (χ2n) is 4.37. The largest absolute Gasteiger partial charge is 0.478 e. The Balaban J connectivity index is 2.23. The van der Waals surface area contributed by atoms with Gasteiger partial charge in [0.1, 0.15) is 0 Å². The van der Waals surface area contributed by atoms with Crippen molar-refractivity contribution in [3.63, 3.8) is 0 Å². The highest BCUT2D eigenvalue weighted by atomic mass is 16.4. The standard InChI is InChI=1S/C16H12O2/c17-16(18)13-8-9-15-12(10-13)6-3-5-11-4-1-2-7-14(11)15/h1-5,7-10H,6H2,(H,17,18). The zero-order chi connectivity index (χ0) is 12.5. The number of carboxylic acid groups (broad SMARTS) is 1. The molecule has 0 fully saturated rings. The van der Waals surface area contributed by atoms with E-state index >= 15 is 0 Å². The van der Waals surface area contributed by atoms with Gasteiger partial charge in [-0.15, -0.1) is 0 Å². The van der Waals surface area contributed by atoms with Gasteiger partial charge in [-0.25, -0.2) is 4.79 Å². The lowest BCUT2D eigenvalue weighted by molar-refractivity contribution is 0.0697. The fourth-order valence-corrected chi connectivity index (χ4v) is 2.36. The molecule has 0 bridgehead atoms. The van der Waals surface area contributed by atoms with E-state index in [-0.39, 0.29) is 0 Å². The van der Waals surface area contributed by atoms with E-state index in [4.69, 9.17) is 5.11 Å². The van der Waals surface area contributed by atoms with E-state index in [2.05, 4.69) is 24.3 Å². The van der Waals surface area contributed by atoms with Crippen LogP contribution in [-0.2, 0) is 6.42 Å². The molecule has 2 nitrogen and oxygen atoms in total. The Bertz CT molecular complexity index is 654. The maximum absolute atomic E-state index is 11.0. The molecule has 0 aromatic heterocycles. The van der Waals surface area contributed by atoms with E-state index < -0.39 is 5.97 Å². The highest BCUT2D eigenvalue weighted by molar-refractivity contribution is 5.90. The number of fused-ring (bicyclic) bond motifs is 3. The molecule has 2 aromatic carbocycles. The second-order valence-corrected chi connectivity index (χ2v) is 4.37. The van der Waals surface area contributed by atoms with Gasteiger partial charge in [-0.3, -0.25) is 0 Å². The average molecular weight is 236 g/mol. The van der Waals surface area contributed by atoms with Gasteiger partial charge in [-0.1, -0.05) is 42.5 Å². The van der Waals surface area contributed by atoms with Crippen LogP contribution in [0.1, 0.15) is 21.5 Å². The molecule has 0 saturated heterocycles. The molecule has 1 N–H and O–H groups in total. The minimum absolute atomic E-state index is 0.349. The molecule has 0 amide bonds. The SMILES string of the molecule is O=C(O)c1ccc2c(c1)CC=Cc1ccccc1-2. The zero-order valence-electron chi connectivity index (χ0n) is 9.76. The fraction of sp³-hybridized carbons (Fsp3) is 0.0625. The first-order valence-corrected chi connectivity index (χ1v) is 5.88. The van der Waals surface area contributed by atoms with Crippen molar-refractivity contribution in [1.82, 2.24) is 0 Å². The van der Waals surface area contributed by atoms with Crippen LogP contribution in [0.3, 0.4) is 0 Å². The summed E-state index contributed by atoms with van der Waals surface area (Å²) >= 11 is 0. The first-order valence-electron chi connectivity index (χ1n) is 5.88. The minimum Gasteiger partial charge on any atom is -0.478 e. The van der Waals surface area contributed by atoms with Crippen LogP contribution in [0.4, 0.5) is 0 Å². The second kappa shape index (κ2) is 4.15. The Hall–Kier alpha value is -2.35. The van der Waals surface area contributed by atoms with Crippen LogP contribution in [0.2, 0.25) is 0 Å². The smallest absolute Gasteiger partial charge is 0.335 e. The number of hydrogen-bond donors (Lipinski definition) is 1. The first kappa shape index (κ1) is 10.8. The summed E-state index contributed by atoms with van der Waals surface area (Å²) in [6, 6.07) is 13.5. The van der Waals surface area contributed by atoms with Crippen LogP contribution in [0.5, 0.6) is 0 Å². The third-order valence-electron chi connectivity index (χ3n) is 3.24. The summed E-state index contributed by atoms with van der Waals surface area (Å²) in [6.07, 6.45) is 4.94. The summed E-state index contributed by atoms with van der Waals surface area (Å²) in [5.41, 5.74) is 4.88. The van der Waals surface area contributed by atoms with Crippen LogP contribution < -0.4 is 0 Å². The summed E-state index contributed by atoms with van der Waals surface area (Å²) in [5, 5.41) is 9.03. The average Bonchev–Trinajstić information content (AvgIpc) is 2.57. The summed E-state index contributed by atoms with van der Waals surface area (Å²) in [5.74, 6) is -0.876. The van der Waals surface area contributed by atoms with Crippen molar-refractivity contribution in [1.29, 1.82) is 0 Å². The molecule has 0 heterocycles. The molecule has 0 saturated carbocycles. The van der Waals surface area contributed by atoms with Gasteiger partial charge in [-0.05, 0) is 40.8 Å². The van der Waals surface area contributed by atoms with E-state index in [1.54, 1.807) is 12.1 Å². The van der Waals surface area contributed by atoms with Gasteiger partial charge in [0, 0.05) is 0 Å². The molecule has 2 aromatic rings. The molecule has 3 rings (SSSR count). The highest BCUT2D eigenvalue weighted by Crippen LogP contribution is 2.31. The third kappa shape index (κ3) is 1.72.